The number of carbonyl (C=O) groups excluding carboxylic acids is 3. The maximum Gasteiger partial charge on any atom is 0.325 e. The molecule has 1 saturated heterocycles. The van der Waals surface area contributed by atoms with Gasteiger partial charge in [-0.15, -0.1) is 0 Å². The van der Waals surface area contributed by atoms with Crippen LogP contribution in [0.2, 0.25) is 0 Å². The number of benzene rings is 2. The molecule has 0 radical (unpaired) electrons. The topological polar surface area (TPSA) is 72.9 Å². The SMILES string of the molecule is COC(=O)CN1C(=O)S/C(=C\c2ccc(OCc3ccccc3)c(Br)c2)C1=O. The van der Waals surface area contributed by atoms with Gasteiger partial charge in [0.05, 0.1) is 16.5 Å². The Labute approximate surface area is 174 Å². The highest BCUT2D eigenvalue weighted by Gasteiger charge is 2.36. The Balaban J connectivity index is 1.70. The number of hydrogen-bond donors (Lipinski definition) is 0. The van der Waals surface area contributed by atoms with Crippen molar-refractivity contribution in [3.8, 4) is 5.75 Å². The summed E-state index contributed by atoms with van der Waals surface area (Å²) in [5.74, 6) is -0.494. The number of ether oxygens (including phenoxy) is 2. The van der Waals surface area contributed by atoms with Crippen molar-refractivity contribution >= 4 is 50.9 Å². The monoisotopic (exact) mass is 461 g/mol. The van der Waals surface area contributed by atoms with E-state index in [2.05, 4.69) is 20.7 Å². The molecular weight excluding hydrogens is 446 g/mol. The molecule has 2 aromatic carbocycles. The third-order valence-electron chi connectivity index (χ3n) is 3.88. The van der Waals surface area contributed by atoms with Crippen molar-refractivity contribution in [1.29, 1.82) is 0 Å². The highest BCUT2D eigenvalue weighted by atomic mass is 79.9. The van der Waals surface area contributed by atoms with E-state index in [0.29, 0.717) is 12.4 Å². The van der Waals surface area contributed by atoms with Crippen LogP contribution >= 0.6 is 27.7 Å². The first-order valence-electron chi connectivity index (χ1n) is 8.26. The van der Waals surface area contributed by atoms with Crippen LogP contribution in [0.4, 0.5) is 4.79 Å². The molecule has 0 saturated carbocycles. The molecule has 0 unspecified atom stereocenters. The Kier molecular flexibility index (Phi) is 6.53. The maximum absolute atomic E-state index is 12.4. The van der Waals surface area contributed by atoms with Gasteiger partial charge in [0.25, 0.3) is 11.1 Å². The van der Waals surface area contributed by atoms with Gasteiger partial charge in [-0.25, -0.2) is 0 Å². The van der Waals surface area contributed by atoms with Crippen LogP contribution in [-0.2, 0) is 20.9 Å². The van der Waals surface area contributed by atoms with Crippen molar-refractivity contribution in [3.05, 3.63) is 69.0 Å². The third-order valence-corrected chi connectivity index (χ3v) is 5.41. The summed E-state index contributed by atoms with van der Waals surface area (Å²) < 4.78 is 11.0. The van der Waals surface area contributed by atoms with E-state index in [-0.39, 0.29) is 4.91 Å². The minimum atomic E-state index is -0.647. The van der Waals surface area contributed by atoms with Crippen LogP contribution in [0.1, 0.15) is 11.1 Å². The molecular formula is C20H16BrNO5S. The van der Waals surface area contributed by atoms with Crippen LogP contribution in [0.15, 0.2) is 57.9 Å². The lowest BCUT2D eigenvalue weighted by Gasteiger charge is -2.10. The summed E-state index contributed by atoms with van der Waals surface area (Å²) in [4.78, 5) is 36.8. The highest BCUT2D eigenvalue weighted by Crippen LogP contribution is 2.34. The Bertz CT molecular complexity index is 945. The molecule has 3 rings (SSSR count). The van der Waals surface area contributed by atoms with Crippen molar-refractivity contribution < 1.29 is 23.9 Å². The van der Waals surface area contributed by atoms with Crippen LogP contribution < -0.4 is 4.74 Å². The van der Waals surface area contributed by atoms with Crippen LogP contribution in [0.25, 0.3) is 6.08 Å². The number of carbonyl (C=O) groups is 3. The number of thioether (sulfide) groups is 1. The Morgan fingerprint density at radius 2 is 1.93 bits per heavy atom. The minimum absolute atomic E-state index is 0.249. The standard InChI is InChI=1S/C20H16BrNO5S/c1-26-18(23)11-22-19(24)17(28-20(22)25)10-14-7-8-16(15(21)9-14)27-12-13-5-3-2-4-6-13/h2-10H,11-12H2,1H3/b17-10-. The number of esters is 1. The van der Waals surface area contributed by atoms with Gasteiger partial charge in [0.15, 0.2) is 0 Å². The molecule has 6 nitrogen and oxygen atoms in total. The lowest BCUT2D eigenvalue weighted by Crippen LogP contribution is -2.34. The average Bonchev–Trinajstić information content (AvgIpc) is 2.95. The highest BCUT2D eigenvalue weighted by molar-refractivity contribution is 9.10. The summed E-state index contributed by atoms with van der Waals surface area (Å²) in [6.45, 7) is 0.0413. The van der Waals surface area contributed by atoms with Gasteiger partial charge in [0.1, 0.15) is 18.9 Å². The first-order chi connectivity index (χ1) is 13.5. The minimum Gasteiger partial charge on any atom is -0.488 e. The predicted molar refractivity (Wildman–Crippen MR) is 110 cm³/mol. The second-order valence-electron chi connectivity index (χ2n) is 5.81. The van der Waals surface area contributed by atoms with E-state index in [1.807, 2.05) is 30.3 Å². The molecule has 1 heterocycles. The number of imide groups is 1. The zero-order valence-electron chi connectivity index (χ0n) is 14.9. The fourth-order valence-corrected chi connectivity index (χ4v) is 3.79. The van der Waals surface area contributed by atoms with Crippen LogP contribution in [0, 0.1) is 0 Å². The van der Waals surface area contributed by atoms with Crippen molar-refractivity contribution in [2.75, 3.05) is 13.7 Å². The molecule has 2 aromatic rings. The summed E-state index contributed by atoms with van der Waals surface area (Å²) in [5, 5.41) is -0.497. The smallest absolute Gasteiger partial charge is 0.325 e. The van der Waals surface area contributed by atoms with E-state index in [1.165, 1.54) is 7.11 Å². The molecule has 8 heteroatoms. The molecule has 0 bridgehead atoms. The predicted octanol–water partition coefficient (Wildman–Crippen LogP) is 4.24. The molecule has 0 spiro atoms. The molecule has 28 heavy (non-hydrogen) atoms. The number of rotatable bonds is 6. The van der Waals surface area contributed by atoms with Crippen LogP contribution in [-0.4, -0.2) is 35.7 Å². The van der Waals surface area contributed by atoms with E-state index in [4.69, 9.17) is 4.74 Å². The summed E-state index contributed by atoms with van der Waals surface area (Å²) in [6, 6.07) is 15.2. The number of nitrogens with zero attached hydrogens (tertiary/aromatic N) is 1. The van der Waals surface area contributed by atoms with Gasteiger partial charge in [-0.1, -0.05) is 36.4 Å². The fraction of sp³-hybridized carbons (Fsp3) is 0.150. The Morgan fingerprint density at radius 1 is 1.18 bits per heavy atom. The molecule has 1 aliphatic heterocycles. The van der Waals surface area contributed by atoms with Gasteiger partial charge in [0.2, 0.25) is 0 Å². The van der Waals surface area contributed by atoms with Crippen molar-refractivity contribution in [1.82, 2.24) is 4.90 Å². The molecule has 0 atom stereocenters. The van der Waals surface area contributed by atoms with Crippen molar-refractivity contribution in [2.24, 2.45) is 0 Å². The van der Waals surface area contributed by atoms with E-state index in [1.54, 1.807) is 24.3 Å². The van der Waals surface area contributed by atoms with E-state index in [9.17, 15) is 14.4 Å². The summed E-state index contributed by atoms with van der Waals surface area (Å²) in [6.07, 6.45) is 1.61. The third kappa shape index (κ3) is 4.82. The van der Waals surface area contributed by atoms with Gasteiger partial charge < -0.3 is 9.47 Å². The molecule has 1 fully saturated rings. The summed E-state index contributed by atoms with van der Waals surface area (Å²) in [7, 11) is 1.20. The number of hydrogen-bond acceptors (Lipinski definition) is 6. The zero-order valence-corrected chi connectivity index (χ0v) is 17.3. The van der Waals surface area contributed by atoms with Gasteiger partial charge in [0, 0.05) is 0 Å². The lowest BCUT2D eigenvalue weighted by molar-refractivity contribution is -0.143. The van der Waals surface area contributed by atoms with Crippen molar-refractivity contribution in [3.63, 3.8) is 0 Å². The Morgan fingerprint density at radius 3 is 2.61 bits per heavy atom. The molecule has 144 valence electrons. The van der Waals surface area contributed by atoms with Gasteiger partial charge in [-0.2, -0.15) is 0 Å². The van der Waals surface area contributed by atoms with Gasteiger partial charge in [-0.05, 0) is 57.0 Å². The van der Waals surface area contributed by atoms with E-state index < -0.39 is 23.7 Å². The van der Waals surface area contributed by atoms with Crippen LogP contribution in [0.5, 0.6) is 5.75 Å². The Hall–Kier alpha value is -2.58. The lowest BCUT2D eigenvalue weighted by atomic mass is 10.2. The van der Waals surface area contributed by atoms with E-state index >= 15 is 0 Å². The maximum atomic E-state index is 12.4. The van der Waals surface area contributed by atoms with Crippen molar-refractivity contribution in [2.45, 2.75) is 6.61 Å². The average molecular weight is 462 g/mol. The van der Waals surface area contributed by atoms with E-state index in [0.717, 1.165) is 32.3 Å². The first kappa shape index (κ1) is 20.2. The molecule has 0 aromatic heterocycles. The molecule has 0 N–H and O–H groups in total. The quantitative estimate of drug-likeness (QED) is 0.473. The summed E-state index contributed by atoms with van der Waals surface area (Å²) >= 11 is 4.26. The van der Waals surface area contributed by atoms with Crippen LogP contribution in [0.3, 0.4) is 0 Å². The second kappa shape index (κ2) is 9.07. The first-order valence-corrected chi connectivity index (χ1v) is 9.87. The normalized spacial score (nSPS) is 15.2. The molecule has 1 aliphatic rings. The number of halogens is 1. The summed E-state index contributed by atoms with van der Waals surface area (Å²) in [5.41, 5.74) is 1.78. The van der Waals surface area contributed by atoms with Gasteiger partial charge in [-0.3, -0.25) is 19.3 Å². The second-order valence-corrected chi connectivity index (χ2v) is 7.66. The number of amides is 2. The molecule has 0 aliphatic carbocycles. The number of methoxy groups -OCH3 is 1. The van der Waals surface area contributed by atoms with Gasteiger partial charge >= 0.3 is 5.97 Å². The zero-order chi connectivity index (χ0) is 20.1. The molecule has 2 amide bonds. The fourth-order valence-electron chi connectivity index (χ4n) is 2.44. The largest absolute Gasteiger partial charge is 0.488 e.